The summed E-state index contributed by atoms with van der Waals surface area (Å²) in [7, 11) is 0. The van der Waals surface area contributed by atoms with Gasteiger partial charge in [-0.15, -0.1) is 0 Å². The van der Waals surface area contributed by atoms with Gasteiger partial charge in [0, 0.05) is 40.5 Å². The van der Waals surface area contributed by atoms with Crippen LogP contribution in [0, 0.1) is 0 Å². The quantitative estimate of drug-likeness (QED) is 0.175. The highest BCUT2D eigenvalue weighted by atomic mass is 16.5. The Morgan fingerprint density at radius 3 is 1.85 bits per heavy atom. The molecule has 0 saturated carbocycles. The van der Waals surface area contributed by atoms with Crippen LogP contribution in [0.25, 0.3) is 27.6 Å². The maximum Gasteiger partial charge on any atom is 0.137 e. The van der Waals surface area contributed by atoms with E-state index in [0.29, 0.717) is 0 Å². The Labute approximate surface area is 308 Å². The van der Waals surface area contributed by atoms with Crippen molar-refractivity contribution in [1.29, 1.82) is 0 Å². The Morgan fingerprint density at radius 1 is 0.500 bits per heavy atom. The summed E-state index contributed by atoms with van der Waals surface area (Å²) in [5, 5.41) is 9.80. The van der Waals surface area contributed by atoms with Gasteiger partial charge in [-0.05, 0) is 93.6 Å². The van der Waals surface area contributed by atoms with Gasteiger partial charge in [-0.25, -0.2) is 4.98 Å². The molecule has 7 aromatic rings. The number of rotatable bonds is 7. The molecule has 52 heavy (non-hydrogen) atoms. The second-order valence-electron chi connectivity index (χ2n) is 16.9. The molecule has 264 valence electrons. The summed E-state index contributed by atoms with van der Waals surface area (Å²) in [6.07, 6.45) is 1.92. The highest BCUT2D eigenvalue weighted by Gasteiger charge is 2.21. The smallest absolute Gasteiger partial charge is 0.137 e. The molecule has 0 aliphatic rings. The molecule has 2 aromatic heterocycles. The van der Waals surface area contributed by atoms with E-state index >= 15 is 0 Å². The van der Waals surface area contributed by atoms with E-state index < -0.39 is 0 Å². The zero-order valence-electron chi connectivity index (χ0n) is 31.9. The number of nitrogens with one attached hydrogen (secondary N) is 2. The third-order valence-electron chi connectivity index (χ3n) is 9.70. The van der Waals surface area contributed by atoms with Gasteiger partial charge in [0.2, 0.25) is 0 Å². The lowest BCUT2D eigenvalue weighted by molar-refractivity contribution is 0.479. The minimum absolute atomic E-state index is 0.00201. The summed E-state index contributed by atoms with van der Waals surface area (Å²) in [5.41, 5.74) is 9.81. The fourth-order valence-corrected chi connectivity index (χ4v) is 6.81. The minimum Gasteiger partial charge on any atom is -0.457 e. The zero-order valence-corrected chi connectivity index (χ0v) is 31.9. The molecule has 0 saturated heterocycles. The summed E-state index contributed by atoms with van der Waals surface area (Å²) in [5.74, 6) is 2.43. The van der Waals surface area contributed by atoms with Crippen LogP contribution in [0.2, 0.25) is 0 Å². The number of fused-ring (bicyclic) bond motifs is 3. The largest absolute Gasteiger partial charge is 0.457 e. The first kappa shape index (κ1) is 34.9. The minimum atomic E-state index is -0.0979. The number of hydrogen-bond donors (Lipinski definition) is 2. The van der Waals surface area contributed by atoms with Crippen molar-refractivity contribution in [3.63, 3.8) is 0 Å². The lowest BCUT2D eigenvalue weighted by atomic mass is 9.86. The molecule has 5 heteroatoms. The lowest BCUT2D eigenvalue weighted by Gasteiger charge is -2.25. The third-order valence-corrected chi connectivity index (χ3v) is 9.70. The highest BCUT2D eigenvalue weighted by molar-refractivity contribution is 6.09. The van der Waals surface area contributed by atoms with Crippen molar-refractivity contribution in [1.82, 2.24) is 9.55 Å². The summed E-state index contributed by atoms with van der Waals surface area (Å²) in [6.45, 7) is 20.1. The fourth-order valence-electron chi connectivity index (χ4n) is 6.81. The first-order valence-corrected chi connectivity index (χ1v) is 18.2. The highest BCUT2D eigenvalue weighted by Crippen LogP contribution is 2.39. The Kier molecular flexibility index (Phi) is 8.86. The first-order valence-electron chi connectivity index (χ1n) is 18.2. The number of anilines is 4. The van der Waals surface area contributed by atoms with Crippen LogP contribution in [0.15, 0.2) is 128 Å². The Bertz CT molecular complexity index is 2400. The van der Waals surface area contributed by atoms with Gasteiger partial charge in [0.1, 0.15) is 17.3 Å². The van der Waals surface area contributed by atoms with E-state index in [2.05, 4.69) is 199 Å². The van der Waals surface area contributed by atoms with Crippen LogP contribution in [0.4, 0.5) is 22.7 Å². The Hall–Kier alpha value is -5.55. The molecule has 7 rings (SSSR count). The second kappa shape index (κ2) is 13.2. The van der Waals surface area contributed by atoms with Crippen molar-refractivity contribution in [3.8, 4) is 17.3 Å². The van der Waals surface area contributed by atoms with Crippen LogP contribution >= 0.6 is 0 Å². The molecule has 5 nitrogen and oxygen atoms in total. The van der Waals surface area contributed by atoms with E-state index in [1.807, 2.05) is 6.20 Å². The van der Waals surface area contributed by atoms with Crippen molar-refractivity contribution < 1.29 is 4.74 Å². The molecule has 2 heterocycles. The van der Waals surface area contributed by atoms with Gasteiger partial charge in [0.25, 0.3) is 0 Å². The topological polar surface area (TPSA) is 51.1 Å². The van der Waals surface area contributed by atoms with Gasteiger partial charge in [-0.2, -0.15) is 0 Å². The molecule has 0 unspecified atom stereocenters. The van der Waals surface area contributed by atoms with E-state index in [4.69, 9.17) is 9.72 Å². The van der Waals surface area contributed by atoms with Crippen LogP contribution in [-0.4, -0.2) is 9.55 Å². The van der Waals surface area contributed by atoms with Crippen molar-refractivity contribution in [2.45, 2.75) is 78.6 Å². The van der Waals surface area contributed by atoms with Gasteiger partial charge < -0.3 is 15.4 Å². The van der Waals surface area contributed by atoms with E-state index in [1.54, 1.807) is 0 Å². The number of ether oxygens (including phenoxy) is 1. The monoisotopic (exact) mass is 686 g/mol. The molecule has 0 aliphatic carbocycles. The molecule has 0 bridgehead atoms. The molecule has 2 N–H and O–H groups in total. The van der Waals surface area contributed by atoms with Crippen LogP contribution in [0.5, 0.6) is 11.5 Å². The molecule has 0 atom stereocenters. The van der Waals surface area contributed by atoms with E-state index in [1.165, 1.54) is 22.1 Å². The number of aromatic nitrogens is 2. The second-order valence-corrected chi connectivity index (χ2v) is 16.9. The number of para-hydroxylation sites is 4. The van der Waals surface area contributed by atoms with Gasteiger partial charge >= 0.3 is 0 Å². The van der Waals surface area contributed by atoms with Crippen LogP contribution in [0.3, 0.4) is 0 Å². The maximum atomic E-state index is 6.76. The zero-order chi connectivity index (χ0) is 36.8. The maximum absolute atomic E-state index is 6.76. The SMILES string of the molecule is CC(C)(C)c1cc(Nc2ccccc2Nc2ccccc2C(C)(C)C)cc(Oc2ccc3c4ccccc4n(-c4cc(C(C)(C)C)ccn4)c3c2)c1. The van der Waals surface area contributed by atoms with Gasteiger partial charge in [-0.3, -0.25) is 4.57 Å². The number of benzene rings is 5. The average Bonchev–Trinajstić information content (AvgIpc) is 3.42. The standard InChI is InChI=1S/C47H50N4O/c1-45(2,3)31-24-25-48-44(28-31)51-42-21-15-10-16-36(42)37-23-22-34(30-43(37)51)52-35-27-32(46(4,5)6)26-33(29-35)49-40-19-13-14-20-41(40)50-39-18-12-11-17-38(39)47(7,8)9/h10-30,49-50H,1-9H3. The number of pyridine rings is 1. The van der Waals surface area contributed by atoms with Crippen molar-refractivity contribution in [3.05, 3.63) is 144 Å². The van der Waals surface area contributed by atoms with Gasteiger partial charge in [-0.1, -0.05) is 111 Å². The number of hydrogen-bond acceptors (Lipinski definition) is 4. The van der Waals surface area contributed by atoms with Crippen molar-refractivity contribution in [2.24, 2.45) is 0 Å². The normalized spacial score (nSPS) is 12.3. The summed E-state index contributed by atoms with van der Waals surface area (Å²) in [4.78, 5) is 4.86. The molecular formula is C47H50N4O. The average molecular weight is 687 g/mol. The number of nitrogens with zero attached hydrogens (tertiary/aromatic N) is 2. The molecule has 5 aromatic carbocycles. The molecular weight excluding hydrogens is 637 g/mol. The van der Waals surface area contributed by atoms with Crippen LogP contribution in [0.1, 0.15) is 79.0 Å². The molecule has 0 aliphatic heterocycles. The molecule has 0 radical (unpaired) electrons. The van der Waals surface area contributed by atoms with Gasteiger partial charge in [0.05, 0.1) is 22.4 Å². The van der Waals surface area contributed by atoms with Crippen molar-refractivity contribution >= 4 is 44.6 Å². The molecule has 0 amide bonds. The first-order chi connectivity index (χ1) is 24.6. The Morgan fingerprint density at radius 2 is 1.13 bits per heavy atom. The predicted molar refractivity (Wildman–Crippen MR) is 221 cm³/mol. The summed E-state index contributed by atoms with van der Waals surface area (Å²) >= 11 is 0. The fraction of sp³-hybridized carbons (Fsp3) is 0.255. The van der Waals surface area contributed by atoms with Crippen LogP contribution < -0.4 is 15.4 Å². The van der Waals surface area contributed by atoms with Gasteiger partial charge in [0.15, 0.2) is 0 Å². The Balaban J connectivity index is 1.27. The summed E-state index contributed by atoms with van der Waals surface area (Å²) < 4.78 is 9.01. The van der Waals surface area contributed by atoms with E-state index in [-0.39, 0.29) is 16.2 Å². The predicted octanol–water partition coefficient (Wildman–Crippen LogP) is 13.4. The van der Waals surface area contributed by atoms with Crippen molar-refractivity contribution in [2.75, 3.05) is 10.6 Å². The third kappa shape index (κ3) is 7.13. The molecule has 0 fully saturated rings. The van der Waals surface area contributed by atoms with Crippen LogP contribution in [-0.2, 0) is 16.2 Å². The van der Waals surface area contributed by atoms with E-state index in [9.17, 15) is 0 Å². The molecule has 0 spiro atoms. The lowest BCUT2D eigenvalue weighted by Crippen LogP contribution is -2.14. The summed E-state index contributed by atoms with van der Waals surface area (Å²) in [6, 6.07) is 42.6. The van der Waals surface area contributed by atoms with E-state index in [0.717, 1.165) is 56.5 Å².